The number of allylic oxidation sites excluding steroid dienone is 2. The summed E-state index contributed by atoms with van der Waals surface area (Å²) in [6.45, 7) is 7.22. The Labute approximate surface area is 141 Å². The Hall–Kier alpha value is -2.88. The summed E-state index contributed by atoms with van der Waals surface area (Å²) in [7, 11) is 0. The lowest BCUT2D eigenvalue weighted by atomic mass is 10.1. The van der Waals surface area contributed by atoms with Crippen molar-refractivity contribution in [1.29, 1.82) is 0 Å². The fraction of sp³-hybridized carbons (Fsp3) is 0.200. The van der Waals surface area contributed by atoms with Crippen LogP contribution in [0.1, 0.15) is 27.7 Å². The van der Waals surface area contributed by atoms with Crippen LogP contribution in [0.15, 0.2) is 59.7 Å². The molecular formula is C20H20O4. The minimum Gasteiger partial charge on any atom is -0.419 e. The van der Waals surface area contributed by atoms with Gasteiger partial charge in [-0.25, -0.2) is 9.59 Å². The molecule has 4 heteroatoms. The monoisotopic (exact) mass is 324 g/mol. The molecule has 0 N–H and O–H groups in total. The summed E-state index contributed by atoms with van der Waals surface area (Å²) < 4.78 is 10.8. The van der Waals surface area contributed by atoms with Crippen LogP contribution in [0.25, 0.3) is 10.8 Å². The third kappa shape index (κ3) is 4.56. The summed E-state index contributed by atoms with van der Waals surface area (Å²) in [5.74, 6) is -0.562. The fourth-order valence-corrected chi connectivity index (χ4v) is 2.15. The first kappa shape index (κ1) is 17.5. The highest BCUT2D eigenvalue weighted by atomic mass is 16.6. The maximum Gasteiger partial charge on any atom is 0.336 e. The predicted octanol–water partition coefficient (Wildman–Crippen LogP) is 4.58. The zero-order valence-corrected chi connectivity index (χ0v) is 14.3. The van der Waals surface area contributed by atoms with E-state index in [2.05, 4.69) is 0 Å². The van der Waals surface area contributed by atoms with Crippen LogP contribution >= 0.6 is 0 Å². The second kappa shape index (κ2) is 7.59. The Kier molecular flexibility index (Phi) is 5.53. The van der Waals surface area contributed by atoms with Crippen LogP contribution in [0.3, 0.4) is 0 Å². The SMILES string of the molecule is CC(C)=CC(=O)Oc1ccc2ccccc2c1OC(=O)C=C(C)C. The van der Waals surface area contributed by atoms with E-state index in [1.165, 1.54) is 12.2 Å². The van der Waals surface area contributed by atoms with Gasteiger partial charge in [-0.3, -0.25) is 0 Å². The van der Waals surface area contributed by atoms with Crippen molar-refractivity contribution in [3.63, 3.8) is 0 Å². The van der Waals surface area contributed by atoms with Gasteiger partial charge < -0.3 is 9.47 Å². The molecule has 0 saturated carbocycles. The lowest BCUT2D eigenvalue weighted by molar-refractivity contribution is -0.131. The van der Waals surface area contributed by atoms with Crippen molar-refractivity contribution >= 4 is 22.7 Å². The Morgan fingerprint density at radius 3 is 2.00 bits per heavy atom. The first-order valence-electron chi connectivity index (χ1n) is 7.62. The summed E-state index contributed by atoms with van der Waals surface area (Å²) in [6, 6.07) is 10.9. The number of ether oxygens (including phenoxy) is 2. The molecule has 0 aliphatic carbocycles. The van der Waals surface area contributed by atoms with Gasteiger partial charge in [-0.2, -0.15) is 0 Å². The molecule has 0 aliphatic heterocycles. The van der Waals surface area contributed by atoms with Gasteiger partial charge in [0.15, 0.2) is 11.5 Å². The van der Waals surface area contributed by atoms with Gasteiger partial charge in [-0.05, 0) is 39.1 Å². The van der Waals surface area contributed by atoms with Gasteiger partial charge >= 0.3 is 11.9 Å². The summed E-state index contributed by atoms with van der Waals surface area (Å²) in [4.78, 5) is 24.0. The highest BCUT2D eigenvalue weighted by molar-refractivity contribution is 5.96. The summed E-state index contributed by atoms with van der Waals surface area (Å²) in [5, 5.41) is 1.59. The second-order valence-electron chi connectivity index (χ2n) is 5.90. The maximum atomic E-state index is 12.0. The van der Waals surface area contributed by atoms with E-state index in [1.807, 2.05) is 30.3 Å². The number of carbonyl (C=O) groups is 2. The fourth-order valence-electron chi connectivity index (χ4n) is 2.15. The Morgan fingerprint density at radius 1 is 0.792 bits per heavy atom. The van der Waals surface area contributed by atoms with Crippen LogP contribution < -0.4 is 9.47 Å². The normalized spacial score (nSPS) is 10.0. The molecule has 0 saturated heterocycles. The lowest BCUT2D eigenvalue weighted by Gasteiger charge is -2.12. The molecule has 2 aromatic carbocycles. The highest BCUT2D eigenvalue weighted by Gasteiger charge is 2.15. The van der Waals surface area contributed by atoms with E-state index in [9.17, 15) is 9.59 Å². The summed E-state index contributed by atoms with van der Waals surface area (Å²) >= 11 is 0. The molecular weight excluding hydrogens is 304 g/mol. The molecule has 0 bridgehead atoms. The first-order valence-corrected chi connectivity index (χ1v) is 7.62. The van der Waals surface area contributed by atoms with E-state index in [1.54, 1.807) is 33.8 Å². The standard InChI is InChI=1S/C20H20O4/c1-13(2)11-18(21)23-17-10-9-15-7-5-6-8-16(15)20(17)24-19(22)12-14(3)4/h5-12H,1-4H3. The molecule has 0 fully saturated rings. The van der Waals surface area contributed by atoms with Crippen molar-refractivity contribution < 1.29 is 19.1 Å². The van der Waals surface area contributed by atoms with Gasteiger partial charge in [0, 0.05) is 17.5 Å². The minimum absolute atomic E-state index is 0.215. The van der Waals surface area contributed by atoms with Crippen molar-refractivity contribution in [3.05, 3.63) is 59.7 Å². The molecule has 24 heavy (non-hydrogen) atoms. The Balaban J connectivity index is 2.48. The maximum absolute atomic E-state index is 12.0. The van der Waals surface area contributed by atoms with Crippen molar-refractivity contribution in [1.82, 2.24) is 0 Å². The largest absolute Gasteiger partial charge is 0.419 e. The number of fused-ring (bicyclic) bond motifs is 1. The molecule has 2 rings (SSSR count). The van der Waals surface area contributed by atoms with Crippen molar-refractivity contribution in [2.24, 2.45) is 0 Å². The van der Waals surface area contributed by atoms with Gasteiger partial charge in [0.05, 0.1) is 0 Å². The van der Waals surface area contributed by atoms with Crippen molar-refractivity contribution in [3.8, 4) is 11.5 Å². The smallest absolute Gasteiger partial charge is 0.336 e. The van der Waals surface area contributed by atoms with Gasteiger partial charge in [-0.15, -0.1) is 0 Å². The van der Waals surface area contributed by atoms with Crippen molar-refractivity contribution in [2.45, 2.75) is 27.7 Å². The van der Waals surface area contributed by atoms with Gasteiger partial charge in [0.25, 0.3) is 0 Å². The Bertz CT molecular complexity index is 836. The molecule has 0 atom stereocenters. The van der Waals surface area contributed by atoms with Crippen LogP contribution in [0.4, 0.5) is 0 Å². The molecule has 0 unspecified atom stereocenters. The molecule has 124 valence electrons. The van der Waals surface area contributed by atoms with E-state index in [0.717, 1.165) is 16.5 Å². The average Bonchev–Trinajstić information content (AvgIpc) is 2.48. The third-order valence-electron chi connectivity index (χ3n) is 3.07. The first-order chi connectivity index (χ1) is 11.4. The highest BCUT2D eigenvalue weighted by Crippen LogP contribution is 2.36. The number of esters is 2. The zero-order valence-electron chi connectivity index (χ0n) is 14.3. The van der Waals surface area contributed by atoms with Crippen LogP contribution in [0.2, 0.25) is 0 Å². The number of hydrogen-bond acceptors (Lipinski definition) is 4. The number of rotatable bonds is 4. The number of hydrogen-bond donors (Lipinski definition) is 0. The molecule has 0 radical (unpaired) electrons. The van der Waals surface area contributed by atoms with Gasteiger partial charge in [-0.1, -0.05) is 41.5 Å². The van der Waals surface area contributed by atoms with E-state index < -0.39 is 11.9 Å². The van der Waals surface area contributed by atoms with Crippen LogP contribution in [-0.2, 0) is 9.59 Å². The van der Waals surface area contributed by atoms with Crippen molar-refractivity contribution in [2.75, 3.05) is 0 Å². The van der Waals surface area contributed by atoms with E-state index in [4.69, 9.17) is 9.47 Å². The van der Waals surface area contributed by atoms with Gasteiger partial charge in [0.1, 0.15) is 0 Å². The summed E-state index contributed by atoms with van der Waals surface area (Å²) in [5.41, 5.74) is 1.65. The zero-order chi connectivity index (χ0) is 17.7. The van der Waals surface area contributed by atoms with E-state index in [-0.39, 0.29) is 11.5 Å². The lowest BCUT2D eigenvalue weighted by Crippen LogP contribution is -2.10. The van der Waals surface area contributed by atoms with Gasteiger partial charge in [0.2, 0.25) is 0 Å². The topological polar surface area (TPSA) is 52.6 Å². The Morgan fingerprint density at radius 2 is 1.38 bits per heavy atom. The molecule has 0 aromatic heterocycles. The molecule has 2 aromatic rings. The predicted molar refractivity (Wildman–Crippen MR) is 94.1 cm³/mol. The van der Waals surface area contributed by atoms with E-state index in [0.29, 0.717) is 5.39 Å². The summed E-state index contributed by atoms with van der Waals surface area (Å²) in [6.07, 6.45) is 2.78. The molecule has 0 aliphatic rings. The van der Waals surface area contributed by atoms with Crippen LogP contribution in [0.5, 0.6) is 11.5 Å². The van der Waals surface area contributed by atoms with E-state index >= 15 is 0 Å². The molecule has 0 heterocycles. The third-order valence-corrected chi connectivity index (χ3v) is 3.07. The van der Waals surface area contributed by atoms with Crippen LogP contribution in [-0.4, -0.2) is 11.9 Å². The second-order valence-corrected chi connectivity index (χ2v) is 5.90. The molecule has 4 nitrogen and oxygen atoms in total. The number of benzene rings is 2. The van der Waals surface area contributed by atoms with Crippen LogP contribution in [0, 0.1) is 0 Å². The average molecular weight is 324 g/mol. The minimum atomic E-state index is -0.509. The molecule has 0 amide bonds. The quantitative estimate of drug-likeness (QED) is 0.469. The molecule has 0 spiro atoms. The number of carbonyl (C=O) groups excluding carboxylic acids is 2.